The smallest absolute Gasteiger partial charge is 0.129 e. The fraction of sp³-hybridized carbons (Fsp3) is 0.200. The molecule has 0 atom stereocenters. The SMILES string of the molecule is CSc1ccc(/C=C/CN)cc1O. The van der Waals surface area contributed by atoms with Crippen LogP contribution in [0.5, 0.6) is 5.75 Å². The first-order chi connectivity index (χ1) is 6.27. The number of phenolic OH excluding ortho intramolecular Hbond substituents is 1. The lowest BCUT2D eigenvalue weighted by Gasteiger charge is -2.01. The molecule has 0 bridgehead atoms. The predicted molar refractivity (Wildman–Crippen MR) is 58.0 cm³/mol. The van der Waals surface area contributed by atoms with E-state index in [2.05, 4.69) is 0 Å². The van der Waals surface area contributed by atoms with Crippen molar-refractivity contribution in [3.63, 3.8) is 0 Å². The molecule has 0 saturated heterocycles. The Morgan fingerprint density at radius 2 is 2.31 bits per heavy atom. The number of aromatic hydroxyl groups is 1. The highest BCUT2D eigenvalue weighted by Gasteiger charge is 1.98. The van der Waals surface area contributed by atoms with Gasteiger partial charge in [-0.3, -0.25) is 0 Å². The van der Waals surface area contributed by atoms with Crippen molar-refractivity contribution >= 4 is 17.8 Å². The molecule has 1 aromatic rings. The Morgan fingerprint density at radius 1 is 1.54 bits per heavy atom. The summed E-state index contributed by atoms with van der Waals surface area (Å²) in [7, 11) is 0. The summed E-state index contributed by atoms with van der Waals surface area (Å²) >= 11 is 1.53. The van der Waals surface area contributed by atoms with Crippen LogP contribution in [0.3, 0.4) is 0 Å². The molecule has 0 aliphatic heterocycles. The van der Waals surface area contributed by atoms with Gasteiger partial charge in [0.15, 0.2) is 0 Å². The van der Waals surface area contributed by atoms with Crippen molar-refractivity contribution in [2.24, 2.45) is 5.73 Å². The molecule has 0 fully saturated rings. The average molecular weight is 195 g/mol. The lowest BCUT2D eigenvalue weighted by Crippen LogP contribution is -1.91. The molecule has 70 valence electrons. The van der Waals surface area contributed by atoms with Crippen molar-refractivity contribution in [1.29, 1.82) is 0 Å². The number of rotatable bonds is 3. The van der Waals surface area contributed by atoms with Gasteiger partial charge in [0, 0.05) is 11.4 Å². The summed E-state index contributed by atoms with van der Waals surface area (Å²) in [5.74, 6) is 0.326. The molecule has 2 nitrogen and oxygen atoms in total. The number of hydrogen-bond acceptors (Lipinski definition) is 3. The molecular formula is C10H13NOS. The maximum atomic E-state index is 9.50. The average Bonchev–Trinajstić information content (AvgIpc) is 2.15. The Kier molecular flexibility index (Phi) is 3.86. The Bertz CT molecular complexity index is 310. The highest BCUT2D eigenvalue weighted by molar-refractivity contribution is 7.98. The highest BCUT2D eigenvalue weighted by Crippen LogP contribution is 2.27. The molecule has 0 unspecified atom stereocenters. The summed E-state index contributed by atoms with van der Waals surface area (Å²) in [5.41, 5.74) is 6.29. The molecule has 0 amide bonds. The van der Waals surface area contributed by atoms with Gasteiger partial charge in [-0.1, -0.05) is 18.2 Å². The highest BCUT2D eigenvalue weighted by atomic mass is 32.2. The zero-order chi connectivity index (χ0) is 9.68. The van der Waals surface area contributed by atoms with E-state index in [0.29, 0.717) is 12.3 Å². The van der Waals surface area contributed by atoms with E-state index in [-0.39, 0.29) is 0 Å². The van der Waals surface area contributed by atoms with Gasteiger partial charge in [-0.05, 0) is 24.0 Å². The van der Waals surface area contributed by atoms with Crippen molar-refractivity contribution in [3.8, 4) is 5.75 Å². The van der Waals surface area contributed by atoms with Crippen LogP contribution in [0.25, 0.3) is 6.08 Å². The van der Waals surface area contributed by atoms with E-state index in [9.17, 15) is 5.11 Å². The normalized spacial score (nSPS) is 10.9. The van der Waals surface area contributed by atoms with E-state index >= 15 is 0 Å². The van der Waals surface area contributed by atoms with Gasteiger partial charge in [-0.15, -0.1) is 11.8 Å². The molecule has 0 aromatic heterocycles. The van der Waals surface area contributed by atoms with Gasteiger partial charge in [0.05, 0.1) is 0 Å². The van der Waals surface area contributed by atoms with E-state index in [1.54, 1.807) is 6.07 Å². The van der Waals surface area contributed by atoms with Gasteiger partial charge in [0.1, 0.15) is 5.75 Å². The van der Waals surface area contributed by atoms with E-state index in [1.165, 1.54) is 11.8 Å². The summed E-state index contributed by atoms with van der Waals surface area (Å²) in [6.45, 7) is 0.519. The summed E-state index contributed by atoms with van der Waals surface area (Å²) in [4.78, 5) is 0.893. The van der Waals surface area contributed by atoms with E-state index in [4.69, 9.17) is 5.73 Å². The first-order valence-corrected chi connectivity index (χ1v) is 5.24. The Labute approximate surface area is 82.5 Å². The molecule has 1 aromatic carbocycles. The lowest BCUT2D eigenvalue weighted by molar-refractivity contribution is 0.462. The number of hydrogen-bond donors (Lipinski definition) is 2. The van der Waals surface area contributed by atoms with Crippen LogP contribution in [-0.4, -0.2) is 17.9 Å². The minimum Gasteiger partial charge on any atom is -0.507 e. The van der Waals surface area contributed by atoms with Crippen LogP contribution < -0.4 is 5.73 Å². The second-order valence-electron chi connectivity index (χ2n) is 2.57. The van der Waals surface area contributed by atoms with Gasteiger partial charge in [0.2, 0.25) is 0 Å². The van der Waals surface area contributed by atoms with Crippen molar-refractivity contribution < 1.29 is 5.11 Å². The monoisotopic (exact) mass is 195 g/mol. The van der Waals surface area contributed by atoms with Crippen LogP contribution in [0.2, 0.25) is 0 Å². The molecule has 3 heteroatoms. The van der Waals surface area contributed by atoms with Crippen LogP contribution >= 0.6 is 11.8 Å². The standard InChI is InChI=1S/C10H13NOS/c1-13-10-5-4-8(3-2-6-11)7-9(10)12/h2-5,7,12H,6,11H2,1H3/b3-2+. The zero-order valence-corrected chi connectivity index (χ0v) is 8.34. The second-order valence-corrected chi connectivity index (χ2v) is 3.42. The zero-order valence-electron chi connectivity index (χ0n) is 7.53. The number of nitrogens with two attached hydrogens (primary N) is 1. The molecule has 0 heterocycles. The summed E-state index contributed by atoms with van der Waals surface area (Å²) < 4.78 is 0. The number of thioether (sulfide) groups is 1. The van der Waals surface area contributed by atoms with E-state index in [1.807, 2.05) is 30.5 Å². The van der Waals surface area contributed by atoms with Crippen LogP contribution in [0, 0.1) is 0 Å². The molecule has 13 heavy (non-hydrogen) atoms. The van der Waals surface area contributed by atoms with Crippen molar-refractivity contribution in [2.45, 2.75) is 4.90 Å². The number of phenols is 1. The van der Waals surface area contributed by atoms with E-state index < -0.39 is 0 Å². The third kappa shape index (κ3) is 2.79. The fourth-order valence-electron chi connectivity index (χ4n) is 1.01. The van der Waals surface area contributed by atoms with Gasteiger partial charge >= 0.3 is 0 Å². The predicted octanol–water partition coefficient (Wildman–Crippen LogP) is 2.09. The quantitative estimate of drug-likeness (QED) is 0.726. The van der Waals surface area contributed by atoms with E-state index in [0.717, 1.165) is 10.5 Å². The molecule has 0 radical (unpaired) electrons. The third-order valence-corrected chi connectivity index (χ3v) is 2.43. The summed E-state index contributed by atoms with van der Waals surface area (Å²) in [6, 6.07) is 5.59. The minimum atomic E-state index is 0.326. The van der Waals surface area contributed by atoms with Gasteiger partial charge in [-0.25, -0.2) is 0 Å². The fourth-order valence-corrected chi connectivity index (χ4v) is 1.49. The second kappa shape index (κ2) is 4.94. The molecule has 0 spiro atoms. The van der Waals surface area contributed by atoms with Gasteiger partial charge in [0.25, 0.3) is 0 Å². The Morgan fingerprint density at radius 3 is 2.85 bits per heavy atom. The molecule has 3 N–H and O–H groups in total. The first kappa shape index (κ1) is 10.2. The van der Waals surface area contributed by atoms with Crippen LogP contribution in [-0.2, 0) is 0 Å². The minimum absolute atomic E-state index is 0.326. The lowest BCUT2D eigenvalue weighted by atomic mass is 10.2. The maximum absolute atomic E-state index is 9.50. The summed E-state index contributed by atoms with van der Waals surface area (Å²) in [5, 5.41) is 9.50. The first-order valence-electron chi connectivity index (χ1n) is 4.01. The maximum Gasteiger partial charge on any atom is 0.129 e. The molecular weight excluding hydrogens is 182 g/mol. The molecule has 0 saturated carbocycles. The van der Waals surface area contributed by atoms with Gasteiger partial charge in [-0.2, -0.15) is 0 Å². The van der Waals surface area contributed by atoms with Crippen LogP contribution in [0.1, 0.15) is 5.56 Å². The van der Waals surface area contributed by atoms with Crippen molar-refractivity contribution in [2.75, 3.05) is 12.8 Å². The van der Waals surface area contributed by atoms with Crippen molar-refractivity contribution in [3.05, 3.63) is 29.8 Å². The Hall–Kier alpha value is -0.930. The van der Waals surface area contributed by atoms with Gasteiger partial charge < -0.3 is 10.8 Å². The Balaban J connectivity index is 2.89. The van der Waals surface area contributed by atoms with Crippen molar-refractivity contribution in [1.82, 2.24) is 0 Å². The van der Waals surface area contributed by atoms with Crippen LogP contribution in [0.15, 0.2) is 29.2 Å². The third-order valence-electron chi connectivity index (χ3n) is 1.65. The topological polar surface area (TPSA) is 46.2 Å². The van der Waals surface area contributed by atoms with Crippen LogP contribution in [0.4, 0.5) is 0 Å². The number of benzene rings is 1. The largest absolute Gasteiger partial charge is 0.507 e. The molecule has 0 aliphatic carbocycles. The summed E-state index contributed by atoms with van der Waals surface area (Å²) in [6.07, 6.45) is 5.68. The molecule has 1 rings (SSSR count). The molecule has 0 aliphatic rings.